The fourth-order valence-corrected chi connectivity index (χ4v) is 4.45. The van der Waals surface area contributed by atoms with Crippen molar-refractivity contribution >= 4 is 22.8 Å². The highest BCUT2D eigenvalue weighted by Crippen LogP contribution is 2.35. The number of hydrogen-bond donors (Lipinski definition) is 1. The van der Waals surface area contributed by atoms with Gasteiger partial charge in [0.2, 0.25) is 0 Å². The van der Waals surface area contributed by atoms with E-state index in [0.717, 1.165) is 52.9 Å². The minimum absolute atomic E-state index is 0.159. The number of aromatic nitrogens is 3. The summed E-state index contributed by atoms with van der Waals surface area (Å²) < 4.78 is 6.05. The second-order valence-corrected chi connectivity index (χ2v) is 8.42. The Morgan fingerprint density at radius 2 is 1.97 bits per heavy atom. The van der Waals surface area contributed by atoms with Gasteiger partial charge < -0.3 is 15.0 Å². The molecule has 31 heavy (non-hydrogen) atoms. The maximum atomic E-state index is 6.05. The van der Waals surface area contributed by atoms with Gasteiger partial charge in [-0.1, -0.05) is 47.7 Å². The Labute approximate surface area is 185 Å². The van der Waals surface area contributed by atoms with Crippen molar-refractivity contribution < 1.29 is 4.74 Å². The van der Waals surface area contributed by atoms with E-state index in [1.807, 2.05) is 67.0 Å². The molecule has 3 heterocycles. The average Bonchev–Trinajstić information content (AvgIpc) is 3.25. The maximum absolute atomic E-state index is 6.05. The average molecular weight is 430 g/mol. The van der Waals surface area contributed by atoms with Gasteiger partial charge in [0, 0.05) is 48.0 Å². The third-order valence-electron chi connectivity index (χ3n) is 5.34. The van der Waals surface area contributed by atoms with Gasteiger partial charge in [-0.2, -0.15) is 0 Å². The Morgan fingerprint density at radius 3 is 2.84 bits per heavy atom. The molecule has 1 aliphatic heterocycles. The summed E-state index contributed by atoms with van der Waals surface area (Å²) in [6.45, 7) is 2.87. The maximum Gasteiger partial charge on any atom is 0.279 e. The number of anilines is 2. The van der Waals surface area contributed by atoms with E-state index < -0.39 is 0 Å². The van der Waals surface area contributed by atoms with Crippen molar-refractivity contribution in [1.82, 2.24) is 15.0 Å². The van der Waals surface area contributed by atoms with Crippen molar-refractivity contribution in [1.29, 1.82) is 0 Å². The van der Waals surface area contributed by atoms with Crippen LogP contribution in [0, 0.1) is 6.92 Å². The number of benzene rings is 2. The molecule has 0 spiro atoms. The Kier molecular flexibility index (Phi) is 5.26. The number of thiazole rings is 1. The number of nitrogens with one attached hydrogen (secondary N) is 1. The molecule has 1 N–H and O–H groups in total. The Morgan fingerprint density at radius 1 is 1.10 bits per heavy atom. The van der Waals surface area contributed by atoms with E-state index in [9.17, 15) is 0 Å². The van der Waals surface area contributed by atoms with Crippen LogP contribution in [-0.4, -0.2) is 28.5 Å². The largest absolute Gasteiger partial charge is 0.431 e. The van der Waals surface area contributed by atoms with E-state index >= 15 is 0 Å². The second kappa shape index (κ2) is 8.35. The van der Waals surface area contributed by atoms with Crippen LogP contribution in [0.2, 0.25) is 0 Å². The highest BCUT2D eigenvalue weighted by atomic mass is 32.1. The monoisotopic (exact) mass is 429 g/mol. The summed E-state index contributed by atoms with van der Waals surface area (Å²) in [5, 5.41) is 6.28. The van der Waals surface area contributed by atoms with Gasteiger partial charge in [-0.3, -0.25) is 0 Å². The molecule has 0 fully saturated rings. The van der Waals surface area contributed by atoms with Crippen LogP contribution in [0.4, 0.5) is 11.5 Å². The molecule has 6 nitrogen and oxygen atoms in total. The first kappa shape index (κ1) is 19.5. The van der Waals surface area contributed by atoms with Gasteiger partial charge in [0.25, 0.3) is 5.19 Å². The normalized spacial score (nSPS) is 15.4. The summed E-state index contributed by atoms with van der Waals surface area (Å²) in [5.41, 5.74) is 4.13. The van der Waals surface area contributed by atoms with Gasteiger partial charge in [0.1, 0.15) is 17.4 Å². The lowest BCUT2D eigenvalue weighted by atomic mass is 10.0. The molecule has 0 radical (unpaired) electrons. The molecule has 0 amide bonds. The molecule has 1 unspecified atom stereocenters. The Hall–Kier alpha value is -3.45. The van der Waals surface area contributed by atoms with Crippen LogP contribution in [-0.2, 0) is 0 Å². The third kappa shape index (κ3) is 4.22. The minimum atomic E-state index is 0.159. The highest BCUT2D eigenvalue weighted by molar-refractivity contribution is 7.11. The summed E-state index contributed by atoms with van der Waals surface area (Å²) >= 11 is 1.50. The number of ether oxygens (including phenoxy) is 1. The summed E-state index contributed by atoms with van der Waals surface area (Å²) in [6, 6.07) is 18.3. The molecule has 0 saturated heterocycles. The Balaban J connectivity index is 1.33. The highest BCUT2D eigenvalue weighted by Gasteiger charge is 2.25. The molecule has 4 aromatic rings. The van der Waals surface area contributed by atoms with Gasteiger partial charge in [0.15, 0.2) is 0 Å². The lowest BCUT2D eigenvalue weighted by Crippen LogP contribution is -2.31. The first-order chi connectivity index (χ1) is 15.2. The molecular weight excluding hydrogens is 406 g/mol. The SMILES string of the molecule is Cc1ncc2c(n1)N(C)CCC2Nc1cccc(Oc2nc(-c3ccccc3)cs2)c1. The van der Waals surface area contributed by atoms with Gasteiger partial charge in [-0.15, -0.1) is 0 Å². The third-order valence-corrected chi connectivity index (χ3v) is 6.06. The van der Waals surface area contributed by atoms with Crippen LogP contribution in [0.3, 0.4) is 0 Å². The number of rotatable bonds is 5. The molecule has 0 aliphatic carbocycles. The van der Waals surface area contributed by atoms with Crippen molar-refractivity contribution in [2.24, 2.45) is 0 Å². The van der Waals surface area contributed by atoms with E-state index in [0.29, 0.717) is 5.19 Å². The van der Waals surface area contributed by atoms with Crippen molar-refractivity contribution in [3.8, 4) is 22.2 Å². The van der Waals surface area contributed by atoms with Crippen molar-refractivity contribution in [2.45, 2.75) is 19.4 Å². The van der Waals surface area contributed by atoms with Crippen molar-refractivity contribution in [2.75, 3.05) is 23.8 Å². The summed E-state index contributed by atoms with van der Waals surface area (Å²) in [7, 11) is 2.08. The van der Waals surface area contributed by atoms with Crippen LogP contribution in [0.15, 0.2) is 66.2 Å². The Bertz CT molecular complexity index is 1190. The smallest absolute Gasteiger partial charge is 0.279 e. The predicted molar refractivity (Wildman–Crippen MR) is 125 cm³/mol. The molecule has 0 bridgehead atoms. The molecule has 156 valence electrons. The molecule has 0 saturated carbocycles. The number of fused-ring (bicyclic) bond motifs is 1. The molecule has 1 aliphatic rings. The van der Waals surface area contributed by atoms with E-state index in [1.165, 1.54) is 11.3 Å². The fourth-order valence-electron chi connectivity index (χ4n) is 3.75. The molecule has 5 rings (SSSR count). The zero-order valence-corrected chi connectivity index (χ0v) is 18.3. The van der Waals surface area contributed by atoms with Crippen molar-refractivity contribution in [3.05, 3.63) is 77.6 Å². The summed E-state index contributed by atoms with van der Waals surface area (Å²) in [4.78, 5) is 15.9. The topological polar surface area (TPSA) is 63.2 Å². The first-order valence-electron chi connectivity index (χ1n) is 10.3. The number of aryl methyl sites for hydroxylation is 1. The lowest BCUT2D eigenvalue weighted by molar-refractivity contribution is 0.479. The van der Waals surface area contributed by atoms with Gasteiger partial charge >= 0.3 is 0 Å². The van der Waals surface area contributed by atoms with Crippen LogP contribution in [0.5, 0.6) is 10.9 Å². The number of nitrogens with zero attached hydrogens (tertiary/aromatic N) is 4. The summed E-state index contributed by atoms with van der Waals surface area (Å²) in [5.74, 6) is 2.55. The molecule has 7 heteroatoms. The van der Waals surface area contributed by atoms with E-state index in [4.69, 9.17) is 4.74 Å². The predicted octanol–water partition coefficient (Wildman–Crippen LogP) is 5.69. The van der Waals surface area contributed by atoms with Crippen LogP contribution in [0.1, 0.15) is 23.9 Å². The number of hydrogen-bond acceptors (Lipinski definition) is 7. The van der Waals surface area contributed by atoms with E-state index in [2.05, 4.69) is 38.3 Å². The van der Waals surface area contributed by atoms with E-state index in [-0.39, 0.29) is 6.04 Å². The van der Waals surface area contributed by atoms with Crippen LogP contribution >= 0.6 is 11.3 Å². The quantitative estimate of drug-likeness (QED) is 0.439. The lowest BCUT2D eigenvalue weighted by Gasteiger charge is -2.32. The van der Waals surface area contributed by atoms with Gasteiger partial charge in [-0.25, -0.2) is 15.0 Å². The van der Waals surface area contributed by atoms with Gasteiger partial charge in [-0.05, 0) is 25.5 Å². The second-order valence-electron chi connectivity index (χ2n) is 7.60. The summed E-state index contributed by atoms with van der Waals surface area (Å²) in [6.07, 6.45) is 2.92. The fraction of sp³-hybridized carbons (Fsp3) is 0.208. The molecule has 2 aromatic heterocycles. The standard InChI is InChI=1S/C24H23N5OS/c1-16-25-14-20-21(11-12-29(2)23(20)26-16)27-18-9-6-10-19(13-18)30-24-28-22(15-31-24)17-7-4-3-5-8-17/h3-10,13-15,21,27H,11-12H2,1-2H3. The minimum Gasteiger partial charge on any atom is -0.431 e. The van der Waals surface area contributed by atoms with Gasteiger partial charge in [0.05, 0.1) is 11.7 Å². The van der Waals surface area contributed by atoms with Crippen LogP contribution in [0.25, 0.3) is 11.3 Å². The van der Waals surface area contributed by atoms with Crippen LogP contribution < -0.4 is 15.0 Å². The first-order valence-corrected chi connectivity index (χ1v) is 11.1. The van der Waals surface area contributed by atoms with E-state index in [1.54, 1.807) is 0 Å². The van der Waals surface area contributed by atoms with Crippen molar-refractivity contribution in [3.63, 3.8) is 0 Å². The zero-order valence-electron chi connectivity index (χ0n) is 17.4. The molecular formula is C24H23N5OS. The molecule has 2 aromatic carbocycles. The molecule has 1 atom stereocenters. The zero-order chi connectivity index (χ0) is 21.2.